The van der Waals surface area contributed by atoms with Gasteiger partial charge in [0.05, 0.1) is 35.9 Å². The van der Waals surface area contributed by atoms with Gasteiger partial charge >= 0.3 is 0 Å². The van der Waals surface area contributed by atoms with Gasteiger partial charge in [-0.05, 0) is 41.3 Å². The topological polar surface area (TPSA) is 138 Å². The molecule has 0 saturated carbocycles. The molecule has 10 heteroatoms. The Kier molecular flexibility index (Phi) is 8.65. The molecule has 3 aromatic carbocycles. The fraction of sp³-hybridized carbons (Fsp3) is 0.296. The van der Waals surface area contributed by atoms with Gasteiger partial charge in [-0.1, -0.05) is 39.0 Å². The van der Waals surface area contributed by atoms with Crippen molar-refractivity contribution in [2.24, 2.45) is 0 Å². The molecule has 0 fully saturated rings. The highest BCUT2D eigenvalue weighted by Crippen LogP contribution is 2.41. The number of nitrogens with zero attached hydrogens (tertiary/aromatic N) is 1. The van der Waals surface area contributed by atoms with Gasteiger partial charge in [-0.15, -0.1) is 0 Å². The zero-order valence-electron chi connectivity index (χ0n) is 21.1. The van der Waals surface area contributed by atoms with Crippen LogP contribution in [0.3, 0.4) is 0 Å². The van der Waals surface area contributed by atoms with E-state index in [4.69, 9.17) is 19.3 Å². The van der Waals surface area contributed by atoms with Crippen LogP contribution in [0.25, 0.3) is 0 Å². The van der Waals surface area contributed by atoms with Crippen LogP contribution in [-0.4, -0.2) is 45.1 Å². The van der Waals surface area contributed by atoms with Crippen molar-refractivity contribution in [1.82, 2.24) is 0 Å². The molecule has 3 rings (SSSR count). The number of anilines is 1. The Morgan fingerprint density at radius 3 is 2.32 bits per heavy atom. The van der Waals surface area contributed by atoms with Gasteiger partial charge < -0.3 is 24.4 Å². The molecule has 0 aliphatic rings. The second-order valence-corrected chi connectivity index (χ2v) is 11.0. The van der Waals surface area contributed by atoms with E-state index in [2.05, 4.69) is 4.72 Å². The summed E-state index contributed by atoms with van der Waals surface area (Å²) < 4.78 is 46.0. The average Bonchev–Trinajstić information content (AvgIpc) is 2.87. The Balaban J connectivity index is 2.08. The average molecular weight is 527 g/mol. The molecule has 0 spiro atoms. The first-order chi connectivity index (χ1) is 17.5. The molecule has 196 valence electrons. The number of rotatable bonds is 10. The van der Waals surface area contributed by atoms with Crippen molar-refractivity contribution in [2.45, 2.75) is 37.2 Å². The molecule has 3 N–H and O–H groups in total. The van der Waals surface area contributed by atoms with Gasteiger partial charge in [0.15, 0.2) is 11.5 Å². The molecule has 9 nitrogen and oxygen atoms in total. The fourth-order valence-corrected chi connectivity index (χ4v) is 4.37. The lowest BCUT2D eigenvalue weighted by Crippen LogP contribution is -2.21. The molecule has 37 heavy (non-hydrogen) atoms. The van der Waals surface area contributed by atoms with Gasteiger partial charge in [0.1, 0.15) is 24.2 Å². The number of ether oxygens (including phenoxy) is 3. The SMILES string of the molecule is COc1cccc(Oc2c(NS(=O)(=O)c3ccc(C(C)(C)C)cc3)cc(C#N)cc2OCC(O)CO)c1. The van der Waals surface area contributed by atoms with Gasteiger partial charge in [-0.25, -0.2) is 8.42 Å². The molecule has 3 aromatic rings. The second-order valence-electron chi connectivity index (χ2n) is 9.27. The molecule has 0 bridgehead atoms. The van der Waals surface area contributed by atoms with Crippen LogP contribution in [0.4, 0.5) is 5.69 Å². The van der Waals surface area contributed by atoms with E-state index in [1.807, 2.05) is 26.8 Å². The summed E-state index contributed by atoms with van der Waals surface area (Å²) in [6, 6.07) is 17.8. The van der Waals surface area contributed by atoms with E-state index >= 15 is 0 Å². The molecule has 1 unspecified atom stereocenters. The minimum absolute atomic E-state index is 0.00449. The van der Waals surface area contributed by atoms with E-state index in [1.54, 1.807) is 36.4 Å². The Bertz CT molecular complexity index is 1380. The summed E-state index contributed by atoms with van der Waals surface area (Å²) in [6.45, 7) is 5.22. The molecule has 0 saturated heterocycles. The molecule has 0 aromatic heterocycles. The lowest BCUT2D eigenvalue weighted by atomic mass is 9.87. The van der Waals surface area contributed by atoms with Crippen molar-refractivity contribution < 1.29 is 32.8 Å². The Morgan fingerprint density at radius 1 is 1.05 bits per heavy atom. The number of aliphatic hydroxyl groups is 2. The van der Waals surface area contributed by atoms with Crippen LogP contribution in [0.1, 0.15) is 31.9 Å². The van der Waals surface area contributed by atoms with E-state index in [9.17, 15) is 18.8 Å². The molecular formula is C27H30N2O7S. The highest BCUT2D eigenvalue weighted by atomic mass is 32.2. The Hall–Kier alpha value is -3.78. The van der Waals surface area contributed by atoms with Crippen molar-refractivity contribution in [3.63, 3.8) is 0 Å². The van der Waals surface area contributed by atoms with E-state index in [0.717, 1.165) is 5.56 Å². The third-order valence-electron chi connectivity index (χ3n) is 5.36. The number of hydrogen-bond donors (Lipinski definition) is 3. The quantitative estimate of drug-likeness (QED) is 0.358. The van der Waals surface area contributed by atoms with Crippen LogP contribution in [-0.2, 0) is 15.4 Å². The summed E-state index contributed by atoms with van der Waals surface area (Å²) in [5.74, 6) is 0.777. The maximum atomic E-state index is 13.3. The zero-order valence-corrected chi connectivity index (χ0v) is 21.9. The molecular weight excluding hydrogens is 496 g/mol. The summed E-state index contributed by atoms with van der Waals surface area (Å²) in [5, 5.41) is 28.5. The first kappa shape index (κ1) is 27.8. The van der Waals surface area contributed by atoms with Crippen molar-refractivity contribution in [3.8, 4) is 29.1 Å². The van der Waals surface area contributed by atoms with Gasteiger partial charge in [0.25, 0.3) is 10.0 Å². The third-order valence-corrected chi connectivity index (χ3v) is 6.74. The van der Waals surface area contributed by atoms with Crippen LogP contribution in [0.15, 0.2) is 65.6 Å². The minimum Gasteiger partial charge on any atom is -0.497 e. The van der Waals surface area contributed by atoms with Crippen molar-refractivity contribution >= 4 is 15.7 Å². The van der Waals surface area contributed by atoms with Crippen LogP contribution in [0.2, 0.25) is 0 Å². The fourth-order valence-electron chi connectivity index (χ4n) is 3.31. The first-order valence-electron chi connectivity index (χ1n) is 11.4. The summed E-state index contributed by atoms with van der Waals surface area (Å²) >= 11 is 0. The van der Waals surface area contributed by atoms with Crippen molar-refractivity contribution in [2.75, 3.05) is 25.0 Å². The van der Waals surface area contributed by atoms with E-state index in [-0.39, 0.29) is 39.7 Å². The van der Waals surface area contributed by atoms with Crippen molar-refractivity contribution in [3.05, 3.63) is 71.8 Å². The highest BCUT2D eigenvalue weighted by Gasteiger charge is 2.23. The molecule has 0 aliphatic carbocycles. The normalized spacial score (nSPS) is 12.4. The second kappa shape index (κ2) is 11.5. The number of sulfonamides is 1. The van der Waals surface area contributed by atoms with Gasteiger partial charge in [-0.2, -0.15) is 5.26 Å². The largest absolute Gasteiger partial charge is 0.497 e. The summed E-state index contributed by atoms with van der Waals surface area (Å²) in [7, 11) is -2.59. The summed E-state index contributed by atoms with van der Waals surface area (Å²) in [6.07, 6.45) is -1.20. The Labute approximate surface area is 216 Å². The van der Waals surface area contributed by atoms with Crippen LogP contribution in [0.5, 0.6) is 23.0 Å². The minimum atomic E-state index is -4.09. The highest BCUT2D eigenvalue weighted by molar-refractivity contribution is 7.92. The maximum Gasteiger partial charge on any atom is 0.262 e. The van der Waals surface area contributed by atoms with Gasteiger partial charge in [-0.3, -0.25) is 4.72 Å². The smallest absolute Gasteiger partial charge is 0.262 e. The van der Waals surface area contributed by atoms with E-state index < -0.39 is 22.7 Å². The van der Waals surface area contributed by atoms with Crippen LogP contribution < -0.4 is 18.9 Å². The standard InChI is InChI=1S/C27H30N2O7S/c1-27(2,3)19-8-10-23(11-9-19)37(32,33)29-24-12-18(15-28)13-25(35-17-20(31)16-30)26(24)36-22-7-5-6-21(14-22)34-4/h5-14,20,29-31H,16-17H2,1-4H3. The lowest BCUT2D eigenvalue weighted by Gasteiger charge is -2.20. The summed E-state index contributed by atoms with van der Waals surface area (Å²) in [5.41, 5.74) is 0.862. The van der Waals surface area contributed by atoms with Gasteiger partial charge in [0.2, 0.25) is 0 Å². The van der Waals surface area contributed by atoms with Gasteiger partial charge in [0, 0.05) is 12.1 Å². The monoisotopic (exact) mass is 526 g/mol. The molecule has 1 atom stereocenters. The third kappa shape index (κ3) is 7.13. The zero-order chi connectivity index (χ0) is 27.2. The van der Waals surface area contributed by atoms with Crippen molar-refractivity contribution in [1.29, 1.82) is 5.26 Å². The number of benzene rings is 3. The number of nitriles is 1. The van der Waals surface area contributed by atoms with Crippen LogP contribution >= 0.6 is 0 Å². The van der Waals surface area contributed by atoms with Crippen LogP contribution in [0, 0.1) is 11.3 Å². The molecule has 0 radical (unpaired) electrons. The first-order valence-corrected chi connectivity index (χ1v) is 12.9. The predicted molar refractivity (Wildman–Crippen MR) is 139 cm³/mol. The van der Waals surface area contributed by atoms with E-state index in [0.29, 0.717) is 11.5 Å². The number of nitrogens with one attached hydrogen (secondary N) is 1. The maximum absolute atomic E-state index is 13.3. The van der Waals surface area contributed by atoms with E-state index in [1.165, 1.54) is 31.4 Å². The lowest BCUT2D eigenvalue weighted by molar-refractivity contribution is 0.0529. The summed E-state index contributed by atoms with van der Waals surface area (Å²) in [4.78, 5) is 0.0216. The molecule has 0 heterocycles. The number of methoxy groups -OCH3 is 1. The predicted octanol–water partition coefficient (Wildman–Crippen LogP) is 4.19. The number of aliphatic hydroxyl groups excluding tert-OH is 2. The number of hydrogen-bond acceptors (Lipinski definition) is 8. The Morgan fingerprint density at radius 2 is 1.73 bits per heavy atom. The molecule has 0 amide bonds. The molecule has 0 aliphatic heterocycles.